The zero-order valence-corrected chi connectivity index (χ0v) is 18.6. The zero-order chi connectivity index (χ0) is 22.4. The Balaban J connectivity index is 1.64. The molecule has 3 rings (SSSR count). The maximum atomic E-state index is 12.5. The number of ether oxygens (including phenoxy) is 1. The first-order valence-corrected chi connectivity index (χ1v) is 10.5. The van der Waals surface area contributed by atoms with Gasteiger partial charge in [-0.3, -0.25) is 9.59 Å². The fourth-order valence-corrected chi connectivity index (χ4v) is 3.67. The Morgan fingerprint density at radius 1 is 1.00 bits per heavy atom. The summed E-state index contributed by atoms with van der Waals surface area (Å²) in [6.07, 6.45) is 1.72. The number of nitrogens with zero attached hydrogens (tertiary/aromatic N) is 2. The van der Waals surface area contributed by atoms with Gasteiger partial charge in [0, 0.05) is 24.2 Å². The van der Waals surface area contributed by atoms with Crippen LogP contribution in [-0.4, -0.2) is 35.3 Å². The largest absolute Gasteiger partial charge is 0.469 e. The third-order valence-corrected chi connectivity index (χ3v) is 5.56. The van der Waals surface area contributed by atoms with Crippen LogP contribution in [-0.2, 0) is 22.4 Å². The monoisotopic (exact) mass is 419 g/mol. The van der Waals surface area contributed by atoms with Gasteiger partial charge in [-0.05, 0) is 74.6 Å². The summed E-state index contributed by atoms with van der Waals surface area (Å²) in [4.78, 5) is 24.0. The quantitative estimate of drug-likeness (QED) is 0.563. The van der Waals surface area contributed by atoms with E-state index in [1.165, 1.54) is 18.2 Å². The lowest BCUT2D eigenvalue weighted by atomic mass is 10.1. The van der Waals surface area contributed by atoms with Gasteiger partial charge in [0.05, 0.1) is 18.5 Å². The summed E-state index contributed by atoms with van der Waals surface area (Å²) >= 11 is 0. The van der Waals surface area contributed by atoms with E-state index < -0.39 is 0 Å². The fourth-order valence-electron chi connectivity index (χ4n) is 3.67. The van der Waals surface area contributed by atoms with Crippen molar-refractivity contribution in [3.8, 4) is 5.69 Å². The second-order valence-corrected chi connectivity index (χ2v) is 7.62. The molecule has 1 aromatic heterocycles. The molecule has 0 radical (unpaired) electrons. The Bertz CT molecular complexity index is 1070. The van der Waals surface area contributed by atoms with Gasteiger partial charge in [0.1, 0.15) is 0 Å². The zero-order valence-electron chi connectivity index (χ0n) is 18.6. The molecule has 6 nitrogen and oxygen atoms in total. The van der Waals surface area contributed by atoms with E-state index in [0.717, 1.165) is 29.1 Å². The lowest BCUT2D eigenvalue weighted by Crippen LogP contribution is -2.25. The number of aryl methyl sites for hydroxylation is 2. The molecule has 0 aliphatic rings. The normalized spacial score (nSPS) is 10.7. The molecule has 2 aromatic carbocycles. The van der Waals surface area contributed by atoms with Crippen LogP contribution in [0.2, 0.25) is 0 Å². The maximum Gasteiger partial charge on any atom is 0.305 e. The Morgan fingerprint density at radius 2 is 1.71 bits per heavy atom. The predicted octanol–water partition coefficient (Wildman–Crippen LogP) is 3.88. The van der Waals surface area contributed by atoms with E-state index in [-0.39, 0.29) is 11.9 Å². The minimum Gasteiger partial charge on any atom is -0.469 e. The van der Waals surface area contributed by atoms with Crippen molar-refractivity contribution in [2.24, 2.45) is 0 Å². The number of amides is 1. The number of carbonyl (C=O) groups excluding carboxylic acids is 2. The average Bonchev–Trinajstić information content (AvgIpc) is 3.06. The predicted molar refractivity (Wildman–Crippen MR) is 121 cm³/mol. The van der Waals surface area contributed by atoms with E-state index in [9.17, 15) is 9.59 Å². The molecule has 1 N–H and O–H groups in total. The SMILES string of the molecule is COC(=O)CCc1c(C)nn(-c2ccc(C(=O)NCCc3ccccc3C)cc2)c1C. The molecule has 0 unspecified atom stereocenters. The first-order valence-electron chi connectivity index (χ1n) is 10.5. The van der Waals surface area contributed by atoms with Gasteiger partial charge in [0.25, 0.3) is 5.91 Å². The highest BCUT2D eigenvalue weighted by Crippen LogP contribution is 2.20. The minimum atomic E-state index is -0.232. The molecule has 0 bridgehead atoms. The van der Waals surface area contributed by atoms with Gasteiger partial charge in [-0.1, -0.05) is 24.3 Å². The third kappa shape index (κ3) is 5.40. The number of esters is 1. The number of rotatable bonds is 8. The van der Waals surface area contributed by atoms with E-state index in [2.05, 4.69) is 29.5 Å². The molecule has 0 aliphatic heterocycles. The Kier molecular flexibility index (Phi) is 7.23. The molecule has 3 aromatic rings. The van der Waals surface area contributed by atoms with E-state index in [4.69, 9.17) is 4.74 Å². The maximum absolute atomic E-state index is 12.5. The molecule has 6 heteroatoms. The highest BCUT2D eigenvalue weighted by molar-refractivity contribution is 5.94. The fraction of sp³-hybridized carbons (Fsp3) is 0.320. The summed E-state index contributed by atoms with van der Waals surface area (Å²) in [7, 11) is 1.39. The van der Waals surface area contributed by atoms with Crippen LogP contribution in [0.3, 0.4) is 0 Å². The summed E-state index contributed by atoms with van der Waals surface area (Å²) in [5, 5.41) is 7.60. The van der Waals surface area contributed by atoms with Gasteiger partial charge in [-0.15, -0.1) is 0 Å². The highest BCUT2D eigenvalue weighted by Gasteiger charge is 2.15. The summed E-state index contributed by atoms with van der Waals surface area (Å²) in [5.41, 5.74) is 6.88. The highest BCUT2D eigenvalue weighted by atomic mass is 16.5. The number of carbonyl (C=O) groups is 2. The molecular formula is C25H29N3O3. The Morgan fingerprint density at radius 3 is 2.39 bits per heavy atom. The topological polar surface area (TPSA) is 73.2 Å². The third-order valence-electron chi connectivity index (χ3n) is 5.56. The van der Waals surface area contributed by atoms with Crippen LogP contribution in [0.25, 0.3) is 5.69 Å². The van der Waals surface area contributed by atoms with Crippen molar-refractivity contribution in [3.63, 3.8) is 0 Å². The van der Waals surface area contributed by atoms with E-state index in [1.807, 2.05) is 54.9 Å². The average molecular weight is 420 g/mol. The Hall–Kier alpha value is -3.41. The molecule has 1 heterocycles. The number of nitrogens with one attached hydrogen (secondary N) is 1. The lowest BCUT2D eigenvalue weighted by Gasteiger charge is -2.09. The van der Waals surface area contributed by atoms with E-state index in [1.54, 1.807) is 0 Å². The van der Waals surface area contributed by atoms with Crippen LogP contribution in [0, 0.1) is 20.8 Å². The van der Waals surface area contributed by atoms with Crippen molar-refractivity contribution in [2.45, 2.75) is 40.0 Å². The standard InChI is InChI=1S/C25H29N3O3/c1-17-7-5-6-8-20(17)15-16-26-25(30)21-9-11-22(12-10-21)28-19(3)23(18(2)27-28)13-14-24(29)31-4/h5-12H,13-16H2,1-4H3,(H,26,30). The molecule has 162 valence electrons. The molecule has 0 spiro atoms. The molecule has 0 fully saturated rings. The van der Waals surface area contributed by atoms with Crippen molar-refractivity contribution >= 4 is 11.9 Å². The van der Waals surface area contributed by atoms with Crippen molar-refractivity contribution in [3.05, 3.63) is 82.2 Å². The van der Waals surface area contributed by atoms with Crippen LogP contribution in [0.15, 0.2) is 48.5 Å². The number of hydrogen-bond donors (Lipinski definition) is 1. The van der Waals surface area contributed by atoms with Crippen LogP contribution in [0.4, 0.5) is 0 Å². The summed E-state index contributed by atoms with van der Waals surface area (Å²) in [6, 6.07) is 15.6. The lowest BCUT2D eigenvalue weighted by molar-refractivity contribution is -0.140. The summed E-state index contributed by atoms with van der Waals surface area (Å²) in [6.45, 7) is 6.59. The van der Waals surface area contributed by atoms with Gasteiger partial charge in [-0.25, -0.2) is 4.68 Å². The summed E-state index contributed by atoms with van der Waals surface area (Å²) < 4.78 is 6.58. The van der Waals surface area contributed by atoms with Crippen molar-refractivity contribution < 1.29 is 14.3 Å². The van der Waals surface area contributed by atoms with Gasteiger partial charge >= 0.3 is 5.97 Å². The molecule has 0 aliphatic carbocycles. The Labute approximate surface area is 183 Å². The van der Waals surface area contributed by atoms with Gasteiger partial charge in [0.15, 0.2) is 0 Å². The van der Waals surface area contributed by atoms with Gasteiger partial charge in [-0.2, -0.15) is 5.10 Å². The van der Waals surface area contributed by atoms with Crippen LogP contribution in [0.1, 0.15) is 44.9 Å². The van der Waals surface area contributed by atoms with Crippen LogP contribution < -0.4 is 5.32 Å². The molecule has 0 saturated heterocycles. The molecule has 1 amide bonds. The molecule has 0 saturated carbocycles. The van der Waals surface area contributed by atoms with Crippen molar-refractivity contribution in [1.29, 1.82) is 0 Å². The van der Waals surface area contributed by atoms with Gasteiger partial charge < -0.3 is 10.1 Å². The van der Waals surface area contributed by atoms with Crippen LogP contribution >= 0.6 is 0 Å². The molecular weight excluding hydrogens is 390 g/mol. The van der Waals surface area contributed by atoms with Crippen LogP contribution in [0.5, 0.6) is 0 Å². The second kappa shape index (κ2) is 10.1. The van der Waals surface area contributed by atoms with Crippen molar-refractivity contribution in [2.75, 3.05) is 13.7 Å². The first kappa shape index (κ1) is 22.3. The minimum absolute atomic E-state index is 0.0905. The summed E-state index contributed by atoms with van der Waals surface area (Å²) in [5.74, 6) is -0.323. The first-order chi connectivity index (χ1) is 14.9. The van der Waals surface area contributed by atoms with E-state index >= 15 is 0 Å². The van der Waals surface area contributed by atoms with Gasteiger partial charge in [0.2, 0.25) is 0 Å². The smallest absolute Gasteiger partial charge is 0.305 e. The molecule has 0 atom stereocenters. The number of benzene rings is 2. The molecule has 31 heavy (non-hydrogen) atoms. The number of hydrogen-bond acceptors (Lipinski definition) is 4. The number of methoxy groups -OCH3 is 1. The second-order valence-electron chi connectivity index (χ2n) is 7.62. The van der Waals surface area contributed by atoms with E-state index in [0.29, 0.717) is 24.9 Å². The van der Waals surface area contributed by atoms with Crippen molar-refractivity contribution in [1.82, 2.24) is 15.1 Å². The number of aromatic nitrogens is 2.